The second-order valence-electron chi connectivity index (χ2n) is 6.10. The molecule has 0 radical (unpaired) electrons. The van der Waals surface area contributed by atoms with E-state index in [9.17, 15) is 0 Å². The molecule has 2 aliphatic rings. The highest BCUT2D eigenvalue weighted by Crippen LogP contribution is 2.33. The number of ether oxygens (including phenoxy) is 2. The summed E-state index contributed by atoms with van der Waals surface area (Å²) in [5.74, 6) is 1.90. The fourth-order valence-electron chi connectivity index (χ4n) is 3.38. The Labute approximate surface area is 134 Å². The molecule has 0 spiro atoms. The average molecular weight is 319 g/mol. The van der Waals surface area contributed by atoms with E-state index in [0.717, 1.165) is 55.6 Å². The molecular formula is C16H21N3O2S. The molecule has 0 aliphatic carbocycles. The van der Waals surface area contributed by atoms with Crippen LogP contribution in [0.15, 0.2) is 5.38 Å². The highest BCUT2D eigenvalue weighted by atomic mass is 32.1. The van der Waals surface area contributed by atoms with Crippen molar-refractivity contribution in [1.82, 2.24) is 9.97 Å². The van der Waals surface area contributed by atoms with Gasteiger partial charge in [-0.3, -0.25) is 0 Å². The van der Waals surface area contributed by atoms with Crippen LogP contribution in [0.3, 0.4) is 0 Å². The van der Waals surface area contributed by atoms with Gasteiger partial charge in [0.2, 0.25) is 0 Å². The first kappa shape index (κ1) is 14.4. The molecule has 2 fully saturated rings. The van der Waals surface area contributed by atoms with Crippen LogP contribution in [0.25, 0.3) is 10.2 Å². The maximum absolute atomic E-state index is 5.96. The molecule has 2 unspecified atom stereocenters. The summed E-state index contributed by atoms with van der Waals surface area (Å²) in [7, 11) is 0. The molecule has 5 nitrogen and oxygen atoms in total. The van der Waals surface area contributed by atoms with Gasteiger partial charge in [-0.05, 0) is 37.6 Å². The van der Waals surface area contributed by atoms with Crippen LogP contribution in [0.1, 0.15) is 24.2 Å². The number of thiophene rings is 1. The quantitative estimate of drug-likeness (QED) is 0.852. The predicted molar refractivity (Wildman–Crippen MR) is 87.8 cm³/mol. The van der Waals surface area contributed by atoms with E-state index in [-0.39, 0.29) is 12.2 Å². The zero-order valence-electron chi connectivity index (χ0n) is 13.0. The lowest BCUT2D eigenvalue weighted by atomic mass is 10.1. The molecule has 2 aromatic rings. The Hall–Kier alpha value is -1.24. The summed E-state index contributed by atoms with van der Waals surface area (Å²) >= 11 is 1.70. The summed E-state index contributed by atoms with van der Waals surface area (Å²) in [5, 5.41) is 3.36. The van der Waals surface area contributed by atoms with Crippen molar-refractivity contribution in [3.8, 4) is 0 Å². The molecule has 2 atom stereocenters. The highest BCUT2D eigenvalue weighted by molar-refractivity contribution is 7.17. The van der Waals surface area contributed by atoms with E-state index in [4.69, 9.17) is 14.5 Å². The van der Waals surface area contributed by atoms with Crippen LogP contribution in [0, 0.1) is 13.8 Å². The molecule has 0 amide bonds. The zero-order chi connectivity index (χ0) is 15.1. The smallest absolute Gasteiger partial charge is 0.141 e. The molecule has 0 bridgehead atoms. The molecule has 2 aromatic heterocycles. The lowest BCUT2D eigenvalue weighted by Crippen LogP contribution is -2.48. The number of rotatable bonds is 2. The third-order valence-corrected chi connectivity index (χ3v) is 5.47. The molecule has 0 saturated carbocycles. The fourth-order valence-corrected chi connectivity index (χ4v) is 4.34. The van der Waals surface area contributed by atoms with Crippen molar-refractivity contribution in [2.45, 2.75) is 38.9 Å². The van der Waals surface area contributed by atoms with Gasteiger partial charge in [0.05, 0.1) is 18.1 Å². The van der Waals surface area contributed by atoms with Crippen molar-refractivity contribution in [3.05, 3.63) is 16.8 Å². The van der Waals surface area contributed by atoms with E-state index in [0.29, 0.717) is 0 Å². The third kappa shape index (κ3) is 2.49. The standard InChI is InChI=1S/C16H21N3O2S/c1-10-9-22-16-14(10)15(17-11(2)18-16)19-5-7-21-13(8-19)12-4-3-6-20-12/h9,12-13H,3-8H2,1-2H3. The Kier molecular flexibility index (Phi) is 3.76. The van der Waals surface area contributed by atoms with E-state index < -0.39 is 0 Å². The molecule has 22 heavy (non-hydrogen) atoms. The van der Waals surface area contributed by atoms with Gasteiger partial charge in [0.25, 0.3) is 0 Å². The predicted octanol–water partition coefficient (Wildman–Crippen LogP) is 2.69. The average Bonchev–Trinajstić information content (AvgIpc) is 3.17. The van der Waals surface area contributed by atoms with Crippen LogP contribution in [-0.4, -0.2) is 48.5 Å². The van der Waals surface area contributed by atoms with Gasteiger partial charge in [-0.2, -0.15) is 0 Å². The molecule has 2 saturated heterocycles. The number of hydrogen-bond acceptors (Lipinski definition) is 6. The second kappa shape index (κ2) is 5.76. The van der Waals surface area contributed by atoms with E-state index >= 15 is 0 Å². The van der Waals surface area contributed by atoms with Crippen LogP contribution >= 0.6 is 11.3 Å². The minimum atomic E-state index is 0.153. The Morgan fingerprint density at radius 3 is 2.86 bits per heavy atom. The highest BCUT2D eigenvalue weighted by Gasteiger charge is 2.32. The minimum absolute atomic E-state index is 0.153. The summed E-state index contributed by atoms with van der Waals surface area (Å²) in [4.78, 5) is 12.8. The van der Waals surface area contributed by atoms with E-state index in [1.807, 2.05) is 6.92 Å². The normalized spacial score (nSPS) is 26.0. The van der Waals surface area contributed by atoms with Gasteiger partial charge >= 0.3 is 0 Å². The van der Waals surface area contributed by atoms with Crippen molar-refractivity contribution in [3.63, 3.8) is 0 Å². The summed E-state index contributed by atoms with van der Waals surface area (Å²) in [6, 6.07) is 0. The molecule has 0 N–H and O–H groups in total. The van der Waals surface area contributed by atoms with Crippen LogP contribution in [0.4, 0.5) is 5.82 Å². The summed E-state index contributed by atoms with van der Waals surface area (Å²) in [6.07, 6.45) is 2.64. The largest absolute Gasteiger partial charge is 0.375 e. The van der Waals surface area contributed by atoms with E-state index in [2.05, 4.69) is 22.2 Å². The van der Waals surface area contributed by atoms with Crippen molar-refractivity contribution in [2.24, 2.45) is 0 Å². The summed E-state index contributed by atoms with van der Waals surface area (Å²) in [6.45, 7) is 7.44. The molecule has 2 aliphatic heterocycles. The molecule has 6 heteroatoms. The first-order chi connectivity index (χ1) is 10.7. The number of aryl methyl sites for hydroxylation is 2. The maximum atomic E-state index is 5.96. The van der Waals surface area contributed by atoms with Crippen LogP contribution in [-0.2, 0) is 9.47 Å². The Balaban J connectivity index is 1.67. The van der Waals surface area contributed by atoms with Gasteiger partial charge in [0.1, 0.15) is 22.6 Å². The summed E-state index contributed by atoms with van der Waals surface area (Å²) in [5.41, 5.74) is 1.26. The number of aromatic nitrogens is 2. The number of fused-ring (bicyclic) bond motifs is 1. The third-order valence-electron chi connectivity index (χ3n) is 4.48. The van der Waals surface area contributed by atoms with Crippen LogP contribution < -0.4 is 4.90 Å². The molecule has 118 valence electrons. The Bertz CT molecular complexity index is 681. The van der Waals surface area contributed by atoms with Gasteiger partial charge in [0, 0.05) is 19.7 Å². The van der Waals surface area contributed by atoms with Gasteiger partial charge in [-0.1, -0.05) is 0 Å². The van der Waals surface area contributed by atoms with E-state index in [1.165, 1.54) is 10.9 Å². The van der Waals surface area contributed by atoms with Crippen molar-refractivity contribution in [2.75, 3.05) is 31.2 Å². The topological polar surface area (TPSA) is 47.5 Å². The maximum Gasteiger partial charge on any atom is 0.141 e. The molecule has 4 heterocycles. The van der Waals surface area contributed by atoms with Crippen LogP contribution in [0.2, 0.25) is 0 Å². The summed E-state index contributed by atoms with van der Waals surface area (Å²) < 4.78 is 11.8. The lowest BCUT2D eigenvalue weighted by Gasteiger charge is -2.36. The SMILES string of the molecule is Cc1nc(N2CCOC(C3CCCO3)C2)c2c(C)csc2n1. The van der Waals surface area contributed by atoms with Crippen molar-refractivity contribution in [1.29, 1.82) is 0 Å². The first-order valence-electron chi connectivity index (χ1n) is 7.93. The van der Waals surface area contributed by atoms with Gasteiger partial charge in [-0.25, -0.2) is 9.97 Å². The zero-order valence-corrected chi connectivity index (χ0v) is 13.9. The second-order valence-corrected chi connectivity index (χ2v) is 6.96. The lowest BCUT2D eigenvalue weighted by molar-refractivity contribution is -0.0543. The monoisotopic (exact) mass is 319 g/mol. The number of anilines is 1. The van der Waals surface area contributed by atoms with Crippen LogP contribution in [0.5, 0.6) is 0 Å². The molecule has 4 rings (SSSR count). The number of nitrogens with zero attached hydrogens (tertiary/aromatic N) is 3. The van der Waals surface area contributed by atoms with Gasteiger partial charge in [0.15, 0.2) is 0 Å². The number of hydrogen-bond donors (Lipinski definition) is 0. The van der Waals surface area contributed by atoms with Gasteiger partial charge in [-0.15, -0.1) is 11.3 Å². The Morgan fingerprint density at radius 1 is 1.18 bits per heavy atom. The van der Waals surface area contributed by atoms with Crippen molar-refractivity contribution >= 4 is 27.4 Å². The molecule has 0 aromatic carbocycles. The number of morpholine rings is 1. The van der Waals surface area contributed by atoms with Crippen molar-refractivity contribution < 1.29 is 9.47 Å². The van der Waals surface area contributed by atoms with Gasteiger partial charge < -0.3 is 14.4 Å². The minimum Gasteiger partial charge on any atom is -0.375 e. The Morgan fingerprint density at radius 2 is 2.05 bits per heavy atom. The first-order valence-corrected chi connectivity index (χ1v) is 8.81. The fraction of sp³-hybridized carbons (Fsp3) is 0.625. The molecular weight excluding hydrogens is 298 g/mol. The van der Waals surface area contributed by atoms with E-state index in [1.54, 1.807) is 11.3 Å².